The predicted molar refractivity (Wildman–Crippen MR) is 47.1 cm³/mol. The fourth-order valence-corrected chi connectivity index (χ4v) is 1.32. The van der Waals surface area contributed by atoms with Crippen LogP contribution in [0.1, 0.15) is 10.4 Å². The van der Waals surface area contributed by atoms with Crippen LogP contribution in [0.25, 0.3) is 0 Å². The first kappa shape index (κ1) is 9.59. The molecule has 0 aliphatic heterocycles. The number of pyridine rings is 1. The zero-order valence-electron chi connectivity index (χ0n) is 6.23. The Balaban J connectivity index is 3.43. The van der Waals surface area contributed by atoms with Gasteiger partial charge < -0.3 is 5.73 Å². The number of hydrogen-bond donors (Lipinski definition) is 1. The van der Waals surface area contributed by atoms with Crippen LogP contribution >= 0.6 is 15.9 Å². The Hall–Kier alpha value is -1.50. The van der Waals surface area contributed by atoms with E-state index in [-0.39, 0.29) is 15.9 Å². The molecule has 0 unspecified atom stereocenters. The van der Waals surface area contributed by atoms with Crippen LogP contribution in [0, 0.1) is 10.1 Å². The first-order valence-electron chi connectivity index (χ1n) is 3.12. The van der Waals surface area contributed by atoms with E-state index in [9.17, 15) is 14.9 Å². The van der Waals surface area contributed by atoms with Gasteiger partial charge >= 0.3 is 0 Å². The molecular formula is C6H4BrN3O3. The fourth-order valence-electron chi connectivity index (χ4n) is 0.807. The van der Waals surface area contributed by atoms with E-state index in [4.69, 9.17) is 5.73 Å². The number of nitrogens with zero attached hydrogens (tertiary/aromatic N) is 2. The van der Waals surface area contributed by atoms with Crippen LogP contribution in [0.2, 0.25) is 0 Å². The molecule has 1 heterocycles. The summed E-state index contributed by atoms with van der Waals surface area (Å²) in [7, 11) is 0. The summed E-state index contributed by atoms with van der Waals surface area (Å²) in [6.07, 6.45) is 1.22. The molecule has 0 radical (unpaired) electrons. The van der Waals surface area contributed by atoms with Gasteiger partial charge in [-0.05, 0) is 15.9 Å². The highest BCUT2D eigenvalue weighted by atomic mass is 79.9. The van der Waals surface area contributed by atoms with E-state index in [0.29, 0.717) is 0 Å². The predicted octanol–water partition coefficient (Wildman–Crippen LogP) is 0.851. The largest absolute Gasteiger partial charge is 0.365 e. The van der Waals surface area contributed by atoms with Gasteiger partial charge in [-0.15, -0.1) is 0 Å². The monoisotopic (exact) mass is 245 g/mol. The summed E-state index contributed by atoms with van der Waals surface area (Å²) in [5.41, 5.74) is 4.37. The van der Waals surface area contributed by atoms with Gasteiger partial charge in [0.1, 0.15) is 10.2 Å². The van der Waals surface area contributed by atoms with Gasteiger partial charge in [0.2, 0.25) is 0 Å². The number of halogens is 1. The molecule has 0 spiro atoms. The van der Waals surface area contributed by atoms with Gasteiger partial charge in [-0.3, -0.25) is 14.9 Å². The summed E-state index contributed by atoms with van der Waals surface area (Å²) in [4.78, 5) is 24.2. The molecule has 1 rings (SSSR count). The second kappa shape index (κ2) is 3.48. The fraction of sp³-hybridized carbons (Fsp3) is 0. The number of aromatic nitrogens is 1. The molecule has 1 amide bonds. The van der Waals surface area contributed by atoms with Crippen LogP contribution in [0.15, 0.2) is 16.9 Å². The molecule has 0 saturated carbocycles. The maximum absolute atomic E-state index is 10.8. The Labute approximate surface area is 81.0 Å². The van der Waals surface area contributed by atoms with Crippen molar-refractivity contribution in [1.82, 2.24) is 4.98 Å². The number of primary amides is 1. The van der Waals surface area contributed by atoms with Gasteiger partial charge in [0.05, 0.1) is 4.92 Å². The third-order valence-electron chi connectivity index (χ3n) is 1.33. The third-order valence-corrected chi connectivity index (χ3v) is 1.93. The Morgan fingerprint density at radius 1 is 1.69 bits per heavy atom. The molecule has 6 nitrogen and oxygen atoms in total. The van der Waals surface area contributed by atoms with Crippen molar-refractivity contribution in [2.24, 2.45) is 5.73 Å². The number of carbonyl (C=O) groups excluding carboxylic acids is 1. The van der Waals surface area contributed by atoms with Gasteiger partial charge in [0.15, 0.2) is 0 Å². The quantitative estimate of drug-likeness (QED) is 0.475. The van der Waals surface area contributed by atoms with Gasteiger partial charge in [-0.1, -0.05) is 0 Å². The van der Waals surface area contributed by atoms with Crippen molar-refractivity contribution in [3.05, 3.63) is 32.5 Å². The Bertz CT molecular complexity index is 379. The number of rotatable bonds is 2. The maximum atomic E-state index is 10.8. The normalized spacial score (nSPS) is 9.62. The first-order chi connectivity index (χ1) is 6.04. The van der Waals surface area contributed by atoms with Crippen LogP contribution < -0.4 is 5.73 Å². The summed E-state index contributed by atoms with van der Waals surface area (Å²) >= 11 is 2.90. The van der Waals surface area contributed by atoms with Crippen molar-refractivity contribution >= 4 is 27.5 Å². The molecule has 0 atom stereocenters. The Morgan fingerprint density at radius 3 is 2.69 bits per heavy atom. The van der Waals surface area contributed by atoms with E-state index in [1.165, 1.54) is 6.20 Å². The number of nitro groups is 1. The second-order valence-corrected chi connectivity index (χ2v) is 2.87. The maximum Gasteiger partial charge on any atom is 0.286 e. The molecule has 0 fully saturated rings. The van der Waals surface area contributed by atoms with Crippen molar-refractivity contribution in [3.63, 3.8) is 0 Å². The third kappa shape index (κ3) is 1.81. The lowest BCUT2D eigenvalue weighted by Gasteiger charge is -1.99. The Kier molecular flexibility index (Phi) is 2.57. The van der Waals surface area contributed by atoms with Crippen LogP contribution in [-0.2, 0) is 0 Å². The highest BCUT2D eigenvalue weighted by Crippen LogP contribution is 2.23. The molecule has 0 aromatic carbocycles. The number of carbonyl (C=O) groups is 1. The van der Waals surface area contributed by atoms with Gasteiger partial charge in [0.25, 0.3) is 11.6 Å². The van der Waals surface area contributed by atoms with E-state index in [0.717, 1.165) is 6.07 Å². The zero-order valence-corrected chi connectivity index (χ0v) is 7.82. The zero-order chi connectivity index (χ0) is 10.0. The molecule has 0 bridgehead atoms. The van der Waals surface area contributed by atoms with Gasteiger partial charge in [-0.25, -0.2) is 4.98 Å². The molecule has 0 aliphatic rings. The first-order valence-corrected chi connectivity index (χ1v) is 3.92. The van der Waals surface area contributed by atoms with Crippen molar-refractivity contribution in [2.75, 3.05) is 0 Å². The molecule has 0 saturated heterocycles. The van der Waals surface area contributed by atoms with E-state index in [1.807, 2.05) is 0 Å². The summed E-state index contributed by atoms with van der Waals surface area (Å²) in [6, 6.07) is 1.12. The average Bonchev–Trinajstić information content (AvgIpc) is 2.02. The topological polar surface area (TPSA) is 99.1 Å². The highest BCUT2D eigenvalue weighted by Gasteiger charge is 2.21. The van der Waals surface area contributed by atoms with Crippen molar-refractivity contribution in [2.45, 2.75) is 0 Å². The number of amides is 1. The molecule has 1 aromatic rings. The lowest BCUT2D eigenvalue weighted by atomic mass is 10.2. The summed E-state index contributed by atoms with van der Waals surface area (Å²) in [5.74, 6) is -0.883. The molecule has 13 heavy (non-hydrogen) atoms. The average molecular weight is 246 g/mol. The van der Waals surface area contributed by atoms with Crippen LogP contribution in [0.5, 0.6) is 0 Å². The molecule has 0 aliphatic carbocycles. The number of nitrogens with two attached hydrogens (primary N) is 1. The van der Waals surface area contributed by atoms with Crippen LogP contribution in [-0.4, -0.2) is 15.8 Å². The Morgan fingerprint density at radius 2 is 2.31 bits per heavy atom. The van der Waals surface area contributed by atoms with Crippen LogP contribution in [0.3, 0.4) is 0 Å². The molecule has 7 heteroatoms. The van der Waals surface area contributed by atoms with Crippen LogP contribution in [0.4, 0.5) is 5.69 Å². The second-order valence-electron chi connectivity index (χ2n) is 2.12. The SMILES string of the molecule is NC(=O)c1c([N+](=O)[O-])ccnc1Br. The van der Waals surface area contributed by atoms with Gasteiger partial charge in [-0.2, -0.15) is 0 Å². The standard InChI is InChI=1S/C6H4BrN3O3/c7-5-4(6(8)11)3(10(12)13)1-2-9-5/h1-2H,(H2,8,11). The van der Waals surface area contributed by atoms with Gasteiger partial charge in [0, 0.05) is 12.3 Å². The highest BCUT2D eigenvalue weighted by molar-refractivity contribution is 9.10. The molecular weight excluding hydrogens is 242 g/mol. The lowest BCUT2D eigenvalue weighted by Crippen LogP contribution is -2.14. The smallest absolute Gasteiger partial charge is 0.286 e. The van der Waals surface area contributed by atoms with E-state index in [1.54, 1.807) is 0 Å². The lowest BCUT2D eigenvalue weighted by molar-refractivity contribution is -0.385. The minimum Gasteiger partial charge on any atom is -0.365 e. The van der Waals surface area contributed by atoms with E-state index >= 15 is 0 Å². The summed E-state index contributed by atoms with van der Waals surface area (Å²) in [6.45, 7) is 0. The molecule has 68 valence electrons. The summed E-state index contributed by atoms with van der Waals surface area (Å²) in [5, 5.41) is 10.4. The van der Waals surface area contributed by atoms with Crippen molar-refractivity contribution in [3.8, 4) is 0 Å². The molecule has 1 aromatic heterocycles. The minimum absolute atomic E-state index is 0.0780. The summed E-state index contributed by atoms with van der Waals surface area (Å²) < 4.78 is 0.0780. The van der Waals surface area contributed by atoms with Crippen molar-refractivity contribution < 1.29 is 9.72 Å². The number of hydrogen-bond acceptors (Lipinski definition) is 4. The minimum atomic E-state index is -0.883. The van der Waals surface area contributed by atoms with E-state index in [2.05, 4.69) is 20.9 Å². The molecule has 2 N–H and O–H groups in total. The van der Waals surface area contributed by atoms with E-state index < -0.39 is 10.8 Å². The van der Waals surface area contributed by atoms with Crippen molar-refractivity contribution in [1.29, 1.82) is 0 Å².